The third-order valence-electron chi connectivity index (χ3n) is 2.53. The molecule has 1 aliphatic carbocycles. The summed E-state index contributed by atoms with van der Waals surface area (Å²) >= 11 is 0. The van der Waals surface area contributed by atoms with Gasteiger partial charge in [-0.05, 0) is 12.8 Å². The van der Waals surface area contributed by atoms with Crippen LogP contribution < -0.4 is 5.73 Å². The van der Waals surface area contributed by atoms with E-state index in [4.69, 9.17) is 10.8 Å². The van der Waals surface area contributed by atoms with E-state index in [1.165, 1.54) is 0 Å². The third-order valence-corrected chi connectivity index (χ3v) is 2.53. The number of aliphatic carboxylic acids is 1. The van der Waals surface area contributed by atoms with Crippen LogP contribution in [-0.2, 0) is 4.79 Å². The average molecular weight is 173 g/mol. The number of hydrogen-bond donors (Lipinski definition) is 3. The predicted octanol–water partition coefficient (Wildman–Crippen LogP) is -0.0506. The minimum atomic E-state index is -1.01. The molecule has 0 radical (unpaired) electrons. The number of aliphatic hydroxyl groups excluding tert-OH is 1. The van der Waals surface area contributed by atoms with E-state index in [1.54, 1.807) is 0 Å². The number of carboxylic acids is 1. The lowest BCUT2D eigenvalue weighted by Crippen LogP contribution is -2.45. The molecule has 0 aromatic heterocycles. The van der Waals surface area contributed by atoms with E-state index in [9.17, 15) is 9.90 Å². The summed E-state index contributed by atoms with van der Waals surface area (Å²) in [5.74, 6) is -1.27. The number of rotatable bonds is 2. The summed E-state index contributed by atoms with van der Waals surface area (Å²) in [7, 11) is 0. The lowest BCUT2D eigenvalue weighted by molar-refractivity contribution is -0.141. The topological polar surface area (TPSA) is 83.6 Å². The maximum Gasteiger partial charge on any atom is 0.320 e. The molecule has 4 nitrogen and oxygen atoms in total. The van der Waals surface area contributed by atoms with Crippen molar-refractivity contribution in [2.45, 2.75) is 37.8 Å². The Morgan fingerprint density at radius 1 is 1.42 bits per heavy atom. The largest absolute Gasteiger partial charge is 0.480 e. The van der Waals surface area contributed by atoms with Gasteiger partial charge in [0.05, 0.1) is 6.10 Å². The number of carboxylic acid groups (broad SMARTS) is 1. The second-order valence-electron chi connectivity index (χ2n) is 3.38. The molecule has 0 aliphatic heterocycles. The number of hydrogen-bond acceptors (Lipinski definition) is 3. The molecule has 1 unspecified atom stereocenters. The Labute approximate surface area is 71.4 Å². The average Bonchev–Trinajstić information content (AvgIpc) is 2.04. The maximum atomic E-state index is 10.5. The number of aliphatic hydroxyl groups is 1. The summed E-state index contributed by atoms with van der Waals surface area (Å²) in [4.78, 5) is 10.5. The minimum Gasteiger partial charge on any atom is -0.480 e. The molecule has 0 saturated heterocycles. The number of carbonyl (C=O) groups is 1. The summed E-state index contributed by atoms with van der Waals surface area (Å²) in [6.45, 7) is 0. The van der Waals surface area contributed by atoms with E-state index in [-0.39, 0.29) is 5.92 Å². The quantitative estimate of drug-likeness (QED) is 0.546. The molecule has 70 valence electrons. The summed E-state index contributed by atoms with van der Waals surface area (Å²) in [5.41, 5.74) is 5.42. The van der Waals surface area contributed by atoms with Crippen LogP contribution in [0.2, 0.25) is 0 Å². The molecule has 1 rings (SSSR count). The summed E-state index contributed by atoms with van der Waals surface area (Å²) < 4.78 is 0. The first-order valence-electron chi connectivity index (χ1n) is 4.29. The van der Waals surface area contributed by atoms with Crippen LogP contribution in [0.3, 0.4) is 0 Å². The van der Waals surface area contributed by atoms with Gasteiger partial charge in [-0.15, -0.1) is 0 Å². The van der Waals surface area contributed by atoms with Crippen molar-refractivity contribution < 1.29 is 15.0 Å². The lowest BCUT2D eigenvalue weighted by atomic mass is 9.82. The molecular formula is C8H15NO3. The van der Waals surface area contributed by atoms with E-state index < -0.39 is 18.1 Å². The van der Waals surface area contributed by atoms with Gasteiger partial charge in [0.1, 0.15) is 6.04 Å². The van der Waals surface area contributed by atoms with Crippen LogP contribution in [0.4, 0.5) is 0 Å². The van der Waals surface area contributed by atoms with Crippen LogP contribution in [0.5, 0.6) is 0 Å². The van der Waals surface area contributed by atoms with Crippen molar-refractivity contribution in [3.05, 3.63) is 0 Å². The SMILES string of the molecule is NC(C(=O)O)[C@@H]1CCCC[C@@H]1O. The maximum absolute atomic E-state index is 10.5. The van der Waals surface area contributed by atoms with Crippen molar-refractivity contribution >= 4 is 5.97 Å². The first-order chi connectivity index (χ1) is 5.63. The van der Waals surface area contributed by atoms with E-state index in [2.05, 4.69) is 0 Å². The standard InChI is InChI=1S/C8H15NO3/c9-7(8(11)12)5-3-1-2-4-6(5)10/h5-7,10H,1-4,9H2,(H,11,12)/t5-,6+,7?/m1/s1. The van der Waals surface area contributed by atoms with Crippen LogP contribution >= 0.6 is 0 Å². The fourth-order valence-electron chi connectivity index (χ4n) is 1.74. The molecular weight excluding hydrogens is 158 g/mol. The Morgan fingerprint density at radius 3 is 2.50 bits per heavy atom. The van der Waals surface area contributed by atoms with E-state index >= 15 is 0 Å². The minimum absolute atomic E-state index is 0.253. The second-order valence-corrected chi connectivity index (χ2v) is 3.38. The van der Waals surface area contributed by atoms with Gasteiger partial charge in [-0.3, -0.25) is 4.79 Å². The van der Waals surface area contributed by atoms with Crippen LogP contribution in [-0.4, -0.2) is 28.3 Å². The highest BCUT2D eigenvalue weighted by Gasteiger charge is 2.32. The van der Waals surface area contributed by atoms with Crippen molar-refractivity contribution in [1.82, 2.24) is 0 Å². The molecule has 3 atom stereocenters. The molecule has 0 aromatic rings. The third kappa shape index (κ3) is 1.95. The normalized spacial score (nSPS) is 32.8. The molecule has 0 amide bonds. The highest BCUT2D eigenvalue weighted by atomic mass is 16.4. The molecule has 1 fully saturated rings. The zero-order chi connectivity index (χ0) is 9.14. The zero-order valence-corrected chi connectivity index (χ0v) is 6.94. The zero-order valence-electron chi connectivity index (χ0n) is 6.94. The van der Waals surface area contributed by atoms with Crippen LogP contribution in [0.25, 0.3) is 0 Å². The van der Waals surface area contributed by atoms with Gasteiger partial charge in [0.2, 0.25) is 0 Å². The molecule has 4 N–H and O–H groups in total. The smallest absolute Gasteiger partial charge is 0.320 e. The first kappa shape index (κ1) is 9.48. The van der Waals surface area contributed by atoms with Gasteiger partial charge in [-0.25, -0.2) is 0 Å². The summed E-state index contributed by atoms with van der Waals surface area (Å²) in [5, 5.41) is 18.1. The first-order valence-corrected chi connectivity index (χ1v) is 4.29. The van der Waals surface area contributed by atoms with Gasteiger partial charge in [0.15, 0.2) is 0 Å². The van der Waals surface area contributed by atoms with Crippen molar-refractivity contribution in [3.63, 3.8) is 0 Å². The second kappa shape index (κ2) is 3.87. The molecule has 12 heavy (non-hydrogen) atoms. The molecule has 1 aliphatic rings. The Hall–Kier alpha value is -0.610. The molecule has 0 bridgehead atoms. The van der Waals surface area contributed by atoms with E-state index in [0.29, 0.717) is 6.42 Å². The Kier molecular flexibility index (Phi) is 3.05. The molecule has 0 heterocycles. The van der Waals surface area contributed by atoms with Crippen LogP contribution in [0.15, 0.2) is 0 Å². The fraction of sp³-hybridized carbons (Fsp3) is 0.875. The van der Waals surface area contributed by atoms with Gasteiger partial charge in [0, 0.05) is 5.92 Å². The Morgan fingerprint density at radius 2 is 2.00 bits per heavy atom. The van der Waals surface area contributed by atoms with Crippen molar-refractivity contribution in [1.29, 1.82) is 0 Å². The van der Waals surface area contributed by atoms with Gasteiger partial charge < -0.3 is 15.9 Å². The molecule has 0 spiro atoms. The van der Waals surface area contributed by atoms with Gasteiger partial charge in [-0.2, -0.15) is 0 Å². The van der Waals surface area contributed by atoms with E-state index in [0.717, 1.165) is 19.3 Å². The summed E-state index contributed by atoms with van der Waals surface area (Å²) in [6.07, 6.45) is 2.84. The molecule has 4 heteroatoms. The molecule has 0 aromatic carbocycles. The monoisotopic (exact) mass is 173 g/mol. The Balaban J connectivity index is 2.53. The fourth-order valence-corrected chi connectivity index (χ4v) is 1.74. The van der Waals surface area contributed by atoms with Crippen molar-refractivity contribution in [2.75, 3.05) is 0 Å². The van der Waals surface area contributed by atoms with Crippen molar-refractivity contribution in [2.24, 2.45) is 11.7 Å². The van der Waals surface area contributed by atoms with E-state index in [1.807, 2.05) is 0 Å². The van der Waals surface area contributed by atoms with Gasteiger partial charge in [-0.1, -0.05) is 12.8 Å². The molecule has 1 saturated carbocycles. The summed E-state index contributed by atoms with van der Waals surface area (Å²) in [6, 6.07) is -0.903. The van der Waals surface area contributed by atoms with Crippen LogP contribution in [0, 0.1) is 5.92 Å². The Bertz CT molecular complexity index is 172. The number of nitrogens with two attached hydrogens (primary N) is 1. The predicted molar refractivity (Wildman–Crippen MR) is 43.6 cm³/mol. The highest BCUT2D eigenvalue weighted by molar-refractivity contribution is 5.73. The lowest BCUT2D eigenvalue weighted by Gasteiger charge is -2.29. The highest BCUT2D eigenvalue weighted by Crippen LogP contribution is 2.26. The van der Waals surface area contributed by atoms with Gasteiger partial charge in [0.25, 0.3) is 0 Å². The van der Waals surface area contributed by atoms with Crippen molar-refractivity contribution in [3.8, 4) is 0 Å². The van der Waals surface area contributed by atoms with Crippen LogP contribution in [0.1, 0.15) is 25.7 Å². The van der Waals surface area contributed by atoms with Gasteiger partial charge >= 0.3 is 5.97 Å².